The number of rotatable bonds is 1. The maximum atomic E-state index is 13.5. The van der Waals surface area contributed by atoms with Crippen molar-refractivity contribution in [3.05, 3.63) is 41.8 Å². The minimum absolute atomic E-state index is 0.155. The molecule has 1 heterocycles. The molecule has 1 nitrogen and oxygen atoms in total. The van der Waals surface area contributed by atoms with Crippen LogP contribution in [0.5, 0.6) is 0 Å². The Morgan fingerprint density at radius 3 is 2.55 bits per heavy atom. The van der Waals surface area contributed by atoms with Crippen LogP contribution < -0.4 is 0 Å². The van der Waals surface area contributed by atoms with Gasteiger partial charge in [-0.1, -0.05) is 6.42 Å². The zero-order valence-electron chi connectivity index (χ0n) is 11.7. The molecule has 1 aromatic carbocycles. The van der Waals surface area contributed by atoms with E-state index in [1.807, 2.05) is 6.20 Å². The first-order valence-corrected chi connectivity index (χ1v) is 7.80. The Bertz CT molecular complexity index is 635. The molecular formula is C18H20FN. The molecule has 2 aliphatic rings. The smallest absolute Gasteiger partial charge is 0.123 e. The number of fused-ring (bicyclic) bond motifs is 1. The predicted octanol–water partition coefficient (Wildman–Crippen LogP) is 5.20. The highest BCUT2D eigenvalue weighted by atomic mass is 19.1. The van der Waals surface area contributed by atoms with Gasteiger partial charge in [0.05, 0.1) is 5.52 Å². The Morgan fingerprint density at radius 2 is 1.85 bits per heavy atom. The summed E-state index contributed by atoms with van der Waals surface area (Å²) in [6.07, 6.45) is 11.4. The maximum absolute atomic E-state index is 13.5. The number of nitrogens with zero attached hydrogens (tertiary/aromatic N) is 1. The largest absolute Gasteiger partial charge is 0.256 e. The van der Waals surface area contributed by atoms with Crippen molar-refractivity contribution in [3.63, 3.8) is 0 Å². The molecule has 20 heavy (non-hydrogen) atoms. The van der Waals surface area contributed by atoms with Gasteiger partial charge in [-0.05, 0) is 79.7 Å². The van der Waals surface area contributed by atoms with E-state index in [-0.39, 0.29) is 5.82 Å². The van der Waals surface area contributed by atoms with Gasteiger partial charge >= 0.3 is 0 Å². The van der Waals surface area contributed by atoms with Gasteiger partial charge in [0.2, 0.25) is 0 Å². The van der Waals surface area contributed by atoms with Crippen LogP contribution in [0.4, 0.5) is 4.39 Å². The van der Waals surface area contributed by atoms with E-state index in [0.29, 0.717) is 11.3 Å². The van der Waals surface area contributed by atoms with Gasteiger partial charge in [-0.15, -0.1) is 0 Å². The second-order valence-electron chi connectivity index (χ2n) is 6.69. The van der Waals surface area contributed by atoms with E-state index in [2.05, 4.69) is 11.1 Å². The van der Waals surface area contributed by atoms with E-state index in [1.54, 1.807) is 12.1 Å². The van der Waals surface area contributed by atoms with Crippen LogP contribution in [-0.4, -0.2) is 4.98 Å². The molecule has 2 saturated carbocycles. The van der Waals surface area contributed by atoms with Gasteiger partial charge in [-0.25, -0.2) is 4.39 Å². The van der Waals surface area contributed by atoms with E-state index in [9.17, 15) is 4.39 Å². The number of pyridine rings is 1. The Hall–Kier alpha value is -1.44. The number of benzene rings is 1. The third-order valence-electron chi connectivity index (χ3n) is 5.64. The average Bonchev–Trinajstić information content (AvgIpc) is 2.45. The lowest BCUT2D eigenvalue weighted by Gasteiger charge is -2.47. The molecule has 0 bridgehead atoms. The van der Waals surface area contributed by atoms with Gasteiger partial charge in [-0.2, -0.15) is 0 Å². The first-order chi connectivity index (χ1) is 9.76. The molecule has 4 rings (SSSR count). The summed E-state index contributed by atoms with van der Waals surface area (Å²) < 4.78 is 13.5. The molecule has 0 atom stereocenters. The highest BCUT2D eigenvalue weighted by Crippen LogP contribution is 2.54. The molecule has 0 unspecified atom stereocenters. The van der Waals surface area contributed by atoms with Gasteiger partial charge in [-0.3, -0.25) is 4.98 Å². The van der Waals surface area contributed by atoms with Crippen molar-refractivity contribution in [3.8, 4) is 0 Å². The third-order valence-corrected chi connectivity index (χ3v) is 5.64. The van der Waals surface area contributed by atoms with Crippen LogP contribution in [0.15, 0.2) is 30.5 Å². The summed E-state index contributed by atoms with van der Waals surface area (Å²) in [5, 5.41) is 1.02. The van der Waals surface area contributed by atoms with Crippen LogP contribution in [0.1, 0.15) is 56.4 Å². The Morgan fingerprint density at radius 1 is 1.05 bits per heavy atom. The van der Waals surface area contributed by atoms with Crippen LogP contribution in [-0.2, 0) is 0 Å². The van der Waals surface area contributed by atoms with E-state index < -0.39 is 0 Å². The summed E-state index contributed by atoms with van der Waals surface area (Å²) in [6.45, 7) is 0. The average molecular weight is 269 g/mol. The van der Waals surface area contributed by atoms with E-state index in [4.69, 9.17) is 0 Å². The van der Waals surface area contributed by atoms with Crippen molar-refractivity contribution < 1.29 is 4.39 Å². The molecule has 1 aromatic heterocycles. The zero-order valence-corrected chi connectivity index (χ0v) is 11.7. The lowest BCUT2D eigenvalue weighted by molar-refractivity contribution is 0.0695. The minimum atomic E-state index is -0.155. The Labute approximate surface area is 119 Å². The summed E-state index contributed by atoms with van der Waals surface area (Å²) in [5.41, 5.74) is 2.92. The number of halogens is 1. The molecule has 2 fully saturated rings. The van der Waals surface area contributed by atoms with Crippen molar-refractivity contribution in [2.75, 3.05) is 0 Å². The first-order valence-electron chi connectivity index (χ1n) is 7.80. The molecule has 0 amide bonds. The highest BCUT2D eigenvalue weighted by molar-refractivity contribution is 5.82. The third kappa shape index (κ3) is 1.93. The monoisotopic (exact) mass is 269 g/mol. The number of hydrogen-bond donors (Lipinski definition) is 0. The molecule has 0 radical (unpaired) electrons. The molecule has 0 aliphatic heterocycles. The fraction of sp³-hybridized carbons (Fsp3) is 0.500. The van der Waals surface area contributed by atoms with Crippen LogP contribution in [0.25, 0.3) is 10.9 Å². The lowest BCUT2D eigenvalue weighted by atomic mass is 9.58. The van der Waals surface area contributed by atoms with E-state index in [0.717, 1.165) is 10.9 Å². The Kier molecular flexibility index (Phi) is 2.80. The van der Waals surface area contributed by atoms with E-state index >= 15 is 0 Å². The minimum Gasteiger partial charge on any atom is -0.256 e. The van der Waals surface area contributed by atoms with Crippen LogP contribution >= 0.6 is 0 Å². The van der Waals surface area contributed by atoms with Gasteiger partial charge in [0.25, 0.3) is 0 Å². The number of aromatic nitrogens is 1. The quantitative estimate of drug-likeness (QED) is 0.693. The second kappa shape index (κ2) is 4.54. The van der Waals surface area contributed by atoms with E-state index in [1.165, 1.54) is 56.6 Å². The van der Waals surface area contributed by atoms with Crippen LogP contribution in [0, 0.1) is 11.2 Å². The summed E-state index contributed by atoms with van der Waals surface area (Å²) in [4.78, 5) is 4.37. The molecule has 0 saturated heterocycles. The van der Waals surface area contributed by atoms with Gasteiger partial charge in [0.15, 0.2) is 0 Å². The van der Waals surface area contributed by atoms with Gasteiger partial charge in [0.1, 0.15) is 5.82 Å². The van der Waals surface area contributed by atoms with Crippen LogP contribution in [0.3, 0.4) is 0 Å². The predicted molar refractivity (Wildman–Crippen MR) is 79.2 cm³/mol. The van der Waals surface area contributed by atoms with Crippen molar-refractivity contribution >= 4 is 10.9 Å². The van der Waals surface area contributed by atoms with Crippen molar-refractivity contribution in [2.45, 2.75) is 50.9 Å². The normalized spacial score (nSPS) is 22.1. The topological polar surface area (TPSA) is 12.9 Å². The highest BCUT2D eigenvalue weighted by Gasteiger charge is 2.40. The summed E-state index contributed by atoms with van der Waals surface area (Å²) >= 11 is 0. The Balaban J connectivity index is 1.67. The second-order valence-corrected chi connectivity index (χ2v) is 6.69. The van der Waals surface area contributed by atoms with Gasteiger partial charge in [0, 0.05) is 11.6 Å². The lowest BCUT2D eigenvalue weighted by Crippen LogP contribution is -2.33. The molecule has 2 heteroatoms. The van der Waals surface area contributed by atoms with Crippen molar-refractivity contribution in [1.82, 2.24) is 4.98 Å². The standard InChI is InChI=1S/C18H20FN/c19-14-2-3-17-16(12-14)15(6-11-20-17)13-4-9-18(10-5-13)7-1-8-18/h2-3,6,11-13H,1,4-5,7-10H2. The SMILES string of the molecule is Fc1ccc2nccc(C3CCC4(CCC4)CC3)c2c1. The summed E-state index contributed by atoms with van der Waals surface area (Å²) in [6, 6.07) is 7.06. The van der Waals surface area contributed by atoms with Crippen molar-refractivity contribution in [2.24, 2.45) is 5.41 Å². The van der Waals surface area contributed by atoms with Crippen LogP contribution in [0.2, 0.25) is 0 Å². The molecule has 104 valence electrons. The first kappa shape index (κ1) is 12.3. The van der Waals surface area contributed by atoms with Gasteiger partial charge < -0.3 is 0 Å². The van der Waals surface area contributed by atoms with Crippen molar-refractivity contribution in [1.29, 1.82) is 0 Å². The number of hydrogen-bond acceptors (Lipinski definition) is 1. The zero-order chi connectivity index (χ0) is 13.6. The molecule has 2 aromatic rings. The fourth-order valence-electron chi connectivity index (χ4n) is 4.21. The fourth-order valence-corrected chi connectivity index (χ4v) is 4.21. The molecule has 0 N–H and O–H groups in total. The molecule has 1 spiro atoms. The summed E-state index contributed by atoms with van der Waals surface area (Å²) in [7, 11) is 0. The maximum Gasteiger partial charge on any atom is 0.123 e. The molecule has 2 aliphatic carbocycles. The molecular weight excluding hydrogens is 249 g/mol. The summed E-state index contributed by atoms with van der Waals surface area (Å²) in [5.74, 6) is 0.437.